The second-order valence-corrected chi connectivity index (χ2v) is 8.93. The number of amides is 3. The molecule has 1 aliphatic heterocycles. The first-order valence-electron chi connectivity index (χ1n) is 10.8. The summed E-state index contributed by atoms with van der Waals surface area (Å²) in [6.45, 7) is 1.26. The molecule has 3 heterocycles. The van der Waals surface area contributed by atoms with Crippen molar-refractivity contribution in [2.75, 3.05) is 28.6 Å². The Hall–Kier alpha value is -3.69. The maximum Gasteiger partial charge on any atom is 0.258 e. The fraction of sp³-hybridized carbons (Fsp3) is 0.208. The average molecular weight is 513 g/mol. The first kappa shape index (κ1) is 24.4. The van der Waals surface area contributed by atoms with Crippen LogP contribution in [0.4, 0.5) is 17.3 Å². The van der Waals surface area contributed by atoms with E-state index in [2.05, 4.69) is 20.6 Å². The van der Waals surface area contributed by atoms with Crippen LogP contribution >= 0.6 is 23.2 Å². The first-order valence-corrected chi connectivity index (χ1v) is 11.6. The summed E-state index contributed by atoms with van der Waals surface area (Å²) < 4.78 is 0. The normalized spacial score (nSPS) is 15.4. The largest absolute Gasteiger partial charge is 0.369 e. The van der Waals surface area contributed by atoms with E-state index in [1.165, 1.54) is 18.5 Å². The van der Waals surface area contributed by atoms with Gasteiger partial charge in [-0.15, -0.1) is 0 Å². The minimum absolute atomic E-state index is 0.165. The molecule has 4 N–H and O–H groups in total. The van der Waals surface area contributed by atoms with Crippen molar-refractivity contribution in [2.24, 2.45) is 11.7 Å². The van der Waals surface area contributed by atoms with Crippen LogP contribution in [0, 0.1) is 5.92 Å². The lowest BCUT2D eigenvalue weighted by Crippen LogP contribution is -2.41. The summed E-state index contributed by atoms with van der Waals surface area (Å²) in [4.78, 5) is 47.7. The highest BCUT2D eigenvalue weighted by molar-refractivity contribution is 6.31. The number of hydrogen-bond donors (Lipinski definition) is 3. The van der Waals surface area contributed by atoms with Crippen molar-refractivity contribution in [3.63, 3.8) is 0 Å². The van der Waals surface area contributed by atoms with E-state index in [1.54, 1.807) is 36.4 Å². The molecule has 1 aliphatic rings. The zero-order chi connectivity index (χ0) is 24.9. The van der Waals surface area contributed by atoms with Crippen LogP contribution in [-0.2, 0) is 4.79 Å². The topological polar surface area (TPSA) is 130 Å². The molecule has 1 aromatic carbocycles. The molecule has 35 heavy (non-hydrogen) atoms. The number of halogens is 2. The van der Waals surface area contributed by atoms with Crippen molar-refractivity contribution in [1.29, 1.82) is 0 Å². The zero-order valence-corrected chi connectivity index (χ0v) is 20.0. The molecule has 1 saturated heterocycles. The Kier molecular flexibility index (Phi) is 7.48. The Balaban J connectivity index is 1.47. The standard InChI is InChI=1S/C24H22Cl2N6O3/c25-16-4-6-19(18(10-16)24(35)31-20-7-5-17(26)12-28-20)30-23(34)14-3-8-21(29-11-14)32-9-1-2-15(13-32)22(27)33/h3-8,10-12,15H,1-2,9,13H2,(H2,27,33)(H,30,34)(H,28,31,35). The molecule has 11 heteroatoms. The Bertz CT molecular complexity index is 1250. The smallest absolute Gasteiger partial charge is 0.258 e. The predicted octanol–water partition coefficient (Wildman–Crippen LogP) is 3.99. The average Bonchev–Trinajstić information content (AvgIpc) is 2.86. The summed E-state index contributed by atoms with van der Waals surface area (Å²) >= 11 is 11.9. The van der Waals surface area contributed by atoms with Crippen LogP contribution in [0.1, 0.15) is 33.6 Å². The van der Waals surface area contributed by atoms with Gasteiger partial charge in [0.1, 0.15) is 11.6 Å². The third-order valence-electron chi connectivity index (χ3n) is 5.60. The number of rotatable bonds is 6. The van der Waals surface area contributed by atoms with Gasteiger partial charge in [0, 0.05) is 30.5 Å². The summed E-state index contributed by atoms with van der Waals surface area (Å²) in [7, 11) is 0. The van der Waals surface area contributed by atoms with Gasteiger partial charge in [0.2, 0.25) is 5.91 Å². The highest BCUT2D eigenvalue weighted by Gasteiger charge is 2.25. The van der Waals surface area contributed by atoms with Gasteiger partial charge in [0.25, 0.3) is 11.8 Å². The fourth-order valence-corrected chi connectivity index (χ4v) is 4.05. The summed E-state index contributed by atoms with van der Waals surface area (Å²) in [6, 6.07) is 11.1. The van der Waals surface area contributed by atoms with Gasteiger partial charge in [0.15, 0.2) is 0 Å². The molecular weight excluding hydrogens is 491 g/mol. The lowest BCUT2D eigenvalue weighted by atomic mass is 9.97. The molecule has 9 nitrogen and oxygen atoms in total. The third kappa shape index (κ3) is 6.06. The van der Waals surface area contributed by atoms with Gasteiger partial charge in [-0.1, -0.05) is 23.2 Å². The second-order valence-electron chi connectivity index (χ2n) is 8.05. The number of nitrogens with one attached hydrogen (secondary N) is 2. The lowest BCUT2D eigenvalue weighted by Gasteiger charge is -2.32. The molecule has 180 valence electrons. The van der Waals surface area contributed by atoms with Crippen molar-refractivity contribution < 1.29 is 14.4 Å². The highest BCUT2D eigenvalue weighted by Crippen LogP contribution is 2.24. The van der Waals surface area contributed by atoms with Gasteiger partial charge >= 0.3 is 0 Å². The number of piperidine rings is 1. The van der Waals surface area contributed by atoms with E-state index in [4.69, 9.17) is 28.9 Å². The van der Waals surface area contributed by atoms with Gasteiger partial charge in [0.05, 0.1) is 27.8 Å². The number of nitrogens with zero attached hydrogens (tertiary/aromatic N) is 3. The molecular formula is C24H22Cl2N6O3. The van der Waals surface area contributed by atoms with E-state index in [9.17, 15) is 14.4 Å². The van der Waals surface area contributed by atoms with E-state index < -0.39 is 11.8 Å². The van der Waals surface area contributed by atoms with E-state index in [1.807, 2.05) is 4.90 Å². The molecule has 0 spiro atoms. The van der Waals surface area contributed by atoms with Crippen LogP contribution in [0.5, 0.6) is 0 Å². The van der Waals surface area contributed by atoms with Crippen LogP contribution in [0.2, 0.25) is 10.0 Å². The maximum atomic E-state index is 12.9. The lowest BCUT2D eigenvalue weighted by molar-refractivity contribution is -0.122. The number of nitrogens with two attached hydrogens (primary N) is 1. The Morgan fingerprint density at radius 3 is 2.43 bits per heavy atom. The number of pyridine rings is 2. The van der Waals surface area contributed by atoms with Gasteiger partial charge in [-0.25, -0.2) is 9.97 Å². The second kappa shape index (κ2) is 10.7. The van der Waals surface area contributed by atoms with Gasteiger partial charge in [-0.3, -0.25) is 14.4 Å². The number of carbonyl (C=O) groups excluding carboxylic acids is 3. The van der Waals surface area contributed by atoms with Gasteiger partial charge in [-0.05, 0) is 55.3 Å². The third-order valence-corrected chi connectivity index (χ3v) is 6.06. The minimum atomic E-state index is -0.500. The zero-order valence-electron chi connectivity index (χ0n) is 18.5. The molecule has 1 atom stereocenters. The Morgan fingerprint density at radius 1 is 0.943 bits per heavy atom. The van der Waals surface area contributed by atoms with E-state index >= 15 is 0 Å². The number of aromatic nitrogens is 2. The van der Waals surface area contributed by atoms with E-state index in [0.717, 1.165) is 19.4 Å². The van der Waals surface area contributed by atoms with Crippen molar-refractivity contribution in [1.82, 2.24) is 9.97 Å². The molecule has 0 radical (unpaired) electrons. The van der Waals surface area contributed by atoms with Crippen molar-refractivity contribution in [2.45, 2.75) is 12.8 Å². The quantitative estimate of drug-likeness (QED) is 0.457. The summed E-state index contributed by atoms with van der Waals surface area (Å²) in [5.74, 6) is -0.521. The summed E-state index contributed by atoms with van der Waals surface area (Å²) in [5.41, 5.74) is 6.19. The maximum absolute atomic E-state index is 12.9. The predicted molar refractivity (Wildman–Crippen MR) is 135 cm³/mol. The molecule has 2 aromatic heterocycles. The van der Waals surface area contributed by atoms with Gasteiger partial charge in [-0.2, -0.15) is 0 Å². The Morgan fingerprint density at radius 2 is 1.74 bits per heavy atom. The molecule has 3 amide bonds. The van der Waals surface area contributed by atoms with Crippen LogP contribution in [0.25, 0.3) is 0 Å². The van der Waals surface area contributed by atoms with Crippen LogP contribution < -0.4 is 21.3 Å². The summed E-state index contributed by atoms with van der Waals surface area (Å²) in [6.07, 6.45) is 4.46. The molecule has 0 saturated carbocycles. The van der Waals surface area contributed by atoms with Crippen LogP contribution in [0.15, 0.2) is 54.9 Å². The molecule has 1 unspecified atom stereocenters. The number of carbonyl (C=O) groups is 3. The monoisotopic (exact) mass is 512 g/mol. The van der Waals surface area contributed by atoms with Crippen molar-refractivity contribution in [3.05, 3.63) is 76.0 Å². The van der Waals surface area contributed by atoms with Crippen molar-refractivity contribution >= 4 is 58.2 Å². The summed E-state index contributed by atoms with van der Waals surface area (Å²) in [5, 5.41) is 6.16. The van der Waals surface area contributed by atoms with Crippen LogP contribution in [0.3, 0.4) is 0 Å². The first-order chi connectivity index (χ1) is 16.8. The number of anilines is 3. The molecule has 1 fully saturated rings. The fourth-order valence-electron chi connectivity index (χ4n) is 3.77. The van der Waals surface area contributed by atoms with E-state index in [0.29, 0.717) is 33.8 Å². The molecule has 0 bridgehead atoms. The molecule has 3 aromatic rings. The number of hydrogen-bond acceptors (Lipinski definition) is 6. The molecule has 0 aliphatic carbocycles. The number of benzene rings is 1. The highest BCUT2D eigenvalue weighted by atomic mass is 35.5. The molecule has 4 rings (SSSR count). The Labute approximate surface area is 211 Å². The minimum Gasteiger partial charge on any atom is -0.369 e. The van der Waals surface area contributed by atoms with Gasteiger partial charge < -0.3 is 21.3 Å². The van der Waals surface area contributed by atoms with Crippen LogP contribution in [-0.4, -0.2) is 40.8 Å². The van der Waals surface area contributed by atoms with E-state index in [-0.39, 0.29) is 23.1 Å². The van der Waals surface area contributed by atoms with Crippen molar-refractivity contribution in [3.8, 4) is 0 Å². The SMILES string of the molecule is NC(=O)C1CCCN(c2ccc(C(=O)Nc3ccc(Cl)cc3C(=O)Nc3ccc(Cl)cn3)cn2)C1. The number of primary amides is 1.